The van der Waals surface area contributed by atoms with E-state index in [0.717, 1.165) is 5.57 Å². The number of aromatic nitrogens is 3. The Hall–Kier alpha value is -2.37. The fourth-order valence-electron chi connectivity index (χ4n) is 1.32. The Kier molecular flexibility index (Phi) is 9.29. The predicted octanol–water partition coefficient (Wildman–Crippen LogP) is 3.47. The average molecular weight is 278 g/mol. The summed E-state index contributed by atoms with van der Waals surface area (Å²) >= 11 is 0. The van der Waals surface area contributed by atoms with Gasteiger partial charge in [0, 0.05) is 0 Å². The maximum Gasteiger partial charge on any atom is 0.410 e. The molecule has 0 bridgehead atoms. The van der Waals surface area contributed by atoms with E-state index in [2.05, 4.69) is 15.6 Å². The van der Waals surface area contributed by atoms with E-state index in [-0.39, 0.29) is 5.82 Å². The molecule has 1 amide bonds. The van der Waals surface area contributed by atoms with Gasteiger partial charge < -0.3 is 5.11 Å². The molecule has 6 nitrogen and oxygen atoms in total. The molecule has 2 N–H and O–H groups in total. The maximum absolute atomic E-state index is 10.4. The van der Waals surface area contributed by atoms with Crippen LogP contribution in [0.25, 0.3) is 0 Å². The Morgan fingerprint density at radius 1 is 1.40 bits per heavy atom. The second kappa shape index (κ2) is 10.5. The highest BCUT2D eigenvalue weighted by Gasteiger charge is 2.03. The topological polar surface area (TPSA) is 80.0 Å². The third-order valence-electron chi connectivity index (χ3n) is 2.00. The molecule has 1 aromatic heterocycles. The largest absolute Gasteiger partial charge is 0.465 e. The van der Waals surface area contributed by atoms with Crippen LogP contribution >= 0.6 is 0 Å². The first-order valence-corrected chi connectivity index (χ1v) is 6.50. The van der Waals surface area contributed by atoms with Crippen LogP contribution in [0.3, 0.4) is 0 Å². The molecule has 0 aliphatic heterocycles. The van der Waals surface area contributed by atoms with E-state index in [9.17, 15) is 4.79 Å². The van der Waals surface area contributed by atoms with Crippen LogP contribution in [0.1, 0.15) is 27.7 Å². The summed E-state index contributed by atoms with van der Waals surface area (Å²) in [7, 11) is 0. The number of amides is 1. The fraction of sp³-hybridized carbons (Fsp3) is 0.357. The van der Waals surface area contributed by atoms with Crippen LogP contribution in [0.4, 0.5) is 10.6 Å². The van der Waals surface area contributed by atoms with Crippen LogP contribution in [0.2, 0.25) is 0 Å². The number of carbonyl (C=O) groups is 1. The number of anilines is 1. The number of allylic oxidation sites excluding steroid dienone is 6. The van der Waals surface area contributed by atoms with Crippen LogP contribution in [0, 0.1) is 0 Å². The van der Waals surface area contributed by atoms with Gasteiger partial charge in [0.15, 0.2) is 5.82 Å². The van der Waals surface area contributed by atoms with Gasteiger partial charge in [0.05, 0.1) is 12.7 Å². The van der Waals surface area contributed by atoms with Gasteiger partial charge in [-0.15, -0.1) is 5.10 Å². The summed E-state index contributed by atoms with van der Waals surface area (Å²) in [6.45, 7) is 8.40. The highest BCUT2D eigenvalue weighted by Crippen LogP contribution is 2.05. The molecule has 0 aromatic carbocycles. The van der Waals surface area contributed by atoms with Gasteiger partial charge in [-0.3, -0.25) is 5.32 Å². The van der Waals surface area contributed by atoms with Crippen LogP contribution in [0.15, 0.2) is 42.2 Å². The lowest BCUT2D eigenvalue weighted by Crippen LogP contribution is -2.07. The number of hydrogen-bond donors (Lipinski definition) is 2. The maximum atomic E-state index is 10.4. The lowest BCUT2D eigenvalue weighted by Gasteiger charge is -2.00. The normalized spacial score (nSPS) is 11.5. The summed E-state index contributed by atoms with van der Waals surface area (Å²) in [5.74, 6) is 0.216. The minimum atomic E-state index is -1.15. The minimum Gasteiger partial charge on any atom is -0.465 e. The molecular formula is C14H22N4O2. The molecule has 0 saturated carbocycles. The van der Waals surface area contributed by atoms with Crippen molar-refractivity contribution in [3.8, 4) is 0 Å². The number of rotatable bonds is 5. The molecule has 6 heteroatoms. The van der Waals surface area contributed by atoms with E-state index < -0.39 is 6.09 Å². The molecule has 0 fully saturated rings. The van der Waals surface area contributed by atoms with Crippen LogP contribution in [-0.4, -0.2) is 26.2 Å². The summed E-state index contributed by atoms with van der Waals surface area (Å²) < 4.78 is 1.57. The van der Waals surface area contributed by atoms with Crippen molar-refractivity contribution in [2.75, 3.05) is 5.32 Å². The van der Waals surface area contributed by atoms with Gasteiger partial charge in [-0.2, -0.15) is 0 Å². The molecule has 0 aliphatic carbocycles. The first kappa shape index (κ1) is 17.6. The standard InChI is InChI=1S/C12H16N4O2.C2H6/c1-3-5-7-10(6-4-2)8-16-9-11(14-15-16)13-12(17)18;1-2/h3-7,9,13H,8H2,1-2H3,(H,17,18);1-2H3/b5-3-,6-4-,10-7+;. The highest BCUT2D eigenvalue weighted by molar-refractivity contribution is 5.80. The monoisotopic (exact) mass is 278 g/mol. The molecule has 0 unspecified atom stereocenters. The third-order valence-corrected chi connectivity index (χ3v) is 2.00. The predicted molar refractivity (Wildman–Crippen MR) is 80.7 cm³/mol. The lowest BCUT2D eigenvalue weighted by molar-refractivity contribution is 0.209. The molecule has 20 heavy (non-hydrogen) atoms. The van der Waals surface area contributed by atoms with Crippen molar-refractivity contribution in [2.24, 2.45) is 0 Å². The average Bonchev–Trinajstić information content (AvgIpc) is 2.85. The summed E-state index contributed by atoms with van der Waals surface area (Å²) in [6, 6.07) is 0. The van der Waals surface area contributed by atoms with Gasteiger partial charge in [0.2, 0.25) is 0 Å². The SMILES string of the molecule is CC.C\C=C/C=C(\C=C/C)Cn1cc(NC(=O)O)nn1. The Balaban J connectivity index is 0.00000172. The zero-order chi connectivity index (χ0) is 15.4. The molecule has 1 rings (SSSR count). The Labute approximate surface area is 119 Å². The molecule has 0 saturated heterocycles. The smallest absolute Gasteiger partial charge is 0.410 e. The van der Waals surface area contributed by atoms with E-state index in [1.54, 1.807) is 10.9 Å². The summed E-state index contributed by atoms with van der Waals surface area (Å²) in [6.07, 6.45) is 10.1. The fourth-order valence-corrected chi connectivity index (χ4v) is 1.32. The second-order valence-electron chi connectivity index (χ2n) is 3.50. The number of nitrogens with one attached hydrogen (secondary N) is 1. The van der Waals surface area contributed by atoms with Crippen molar-refractivity contribution < 1.29 is 9.90 Å². The zero-order valence-electron chi connectivity index (χ0n) is 12.4. The number of carboxylic acid groups (broad SMARTS) is 1. The molecular weight excluding hydrogens is 256 g/mol. The van der Waals surface area contributed by atoms with Crippen molar-refractivity contribution in [2.45, 2.75) is 34.2 Å². The van der Waals surface area contributed by atoms with Gasteiger partial charge in [0.1, 0.15) is 0 Å². The Morgan fingerprint density at radius 2 is 2.10 bits per heavy atom. The summed E-state index contributed by atoms with van der Waals surface area (Å²) in [4.78, 5) is 10.4. The molecule has 0 aliphatic rings. The van der Waals surface area contributed by atoms with Crippen molar-refractivity contribution in [3.63, 3.8) is 0 Å². The molecule has 0 spiro atoms. The first-order chi connectivity index (χ1) is 9.65. The van der Waals surface area contributed by atoms with E-state index in [1.807, 2.05) is 58.1 Å². The Morgan fingerprint density at radius 3 is 2.65 bits per heavy atom. The molecule has 0 radical (unpaired) electrons. The summed E-state index contributed by atoms with van der Waals surface area (Å²) in [5, 5.41) is 18.2. The van der Waals surface area contributed by atoms with E-state index in [4.69, 9.17) is 5.11 Å². The van der Waals surface area contributed by atoms with Gasteiger partial charge in [-0.05, 0) is 19.4 Å². The molecule has 1 heterocycles. The molecule has 110 valence electrons. The van der Waals surface area contributed by atoms with Crippen LogP contribution in [0.5, 0.6) is 0 Å². The highest BCUT2D eigenvalue weighted by atomic mass is 16.4. The van der Waals surface area contributed by atoms with Crippen molar-refractivity contribution >= 4 is 11.9 Å². The van der Waals surface area contributed by atoms with Gasteiger partial charge in [-0.1, -0.05) is 49.4 Å². The molecule has 1 aromatic rings. The van der Waals surface area contributed by atoms with E-state index in [1.165, 1.54) is 0 Å². The van der Waals surface area contributed by atoms with Gasteiger partial charge in [-0.25, -0.2) is 9.48 Å². The van der Waals surface area contributed by atoms with Crippen molar-refractivity contribution in [1.29, 1.82) is 0 Å². The first-order valence-electron chi connectivity index (χ1n) is 6.50. The van der Waals surface area contributed by atoms with Crippen molar-refractivity contribution in [3.05, 3.63) is 42.2 Å². The Bertz CT molecular complexity index is 487. The summed E-state index contributed by atoms with van der Waals surface area (Å²) in [5.41, 5.74) is 1.04. The van der Waals surface area contributed by atoms with E-state index in [0.29, 0.717) is 6.54 Å². The molecule has 0 atom stereocenters. The van der Waals surface area contributed by atoms with Crippen LogP contribution < -0.4 is 5.32 Å². The van der Waals surface area contributed by atoms with Crippen LogP contribution in [-0.2, 0) is 6.54 Å². The van der Waals surface area contributed by atoms with Crippen molar-refractivity contribution in [1.82, 2.24) is 15.0 Å². The second-order valence-corrected chi connectivity index (χ2v) is 3.50. The van der Waals surface area contributed by atoms with Gasteiger partial charge >= 0.3 is 6.09 Å². The number of nitrogens with zero attached hydrogens (tertiary/aromatic N) is 3. The quantitative estimate of drug-likeness (QED) is 0.808. The van der Waals surface area contributed by atoms with E-state index >= 15 is 0 Å². The van der Waals surface area contributed by atoms with Gasteiger partial charge in [0.25, 0.3) is 0 Å². The minimum absolute atomic E-state index is 0.216. The lowest BCUT2D eigenvalue weighted by atomic mass is 10.2. The third kappa shape index (κ3) is 7.15. The number of hydrogen-bond acceptors (Lipinski definition) is 3. The zero-order valence-corrected chi connectivity index (χ0v) is 12.4.